The van der Waals surface area contributed by atoms with E-state index in [1.165, 1.54) is 30.4 Å². The molecule has 21 heavy (non-hydrogen) atoms. The van der Waals surface area contributed by atoms with Crippen molar-refractivity contribution in [2.24, 2.45) is 0 Å². The van der Waals surface area contributed by atoms with E-state index in [1.54, 1.807) is 6.92 Å². The summed E-state index contributed by atoms with van der Waals surface area (Å²) in [5.74, 6) is -0.339. The largest absolute Gasteiger partial charge is 0.466 e. The highest BCUT2D eigenvalue weighted by molar-refractivity contribution is 5.70. The second kappa shape index (κ2) is 7.99. The lowest BCUT2D eigenvalue weighted by molar-refractivity contribution is -0.145. The van der Waals surface area contributed by atoms with E-state index in [2.05, 4.69) is 18.2 Å². The van der Waals surface area contributed by atoms with E-state index in [-0.39, 0.29) is 12.4 Å². The summed E-state index contributed by atoms with van der Waals surface area (Å²) in [5.41, 5.74) is 3.75. The van der Waals surface area contributed by atoms with Crippen molar-refractivity contribution in [2.75, 3.05) is 6.61 Å². The third-order valence-corrected chi connectivity index (χ3v) is 3.79. The van der Waals surface area contributed by atoms with Crippen molar-refractivity contribution in [1.29, 1.82) is 0 Å². The Bertz CT molecular complexity index is 488. The molecule has 0 amide bonds. The molecule has 3 nitrogen and oxygen atoms in total. The average Bonchev–Trinajstić information content (AvgIpc) is 2.49. The van der Waals surface area contributed by atoms with E-state index in [4.69, 9.17) is 4.74 Å². The molecule has 114 valence electrons. The van der Waals surface area contributed by atoms with Crippen LogP contribution in [-0.4, -0.2) is 23.8 Å². The molecule has 0 saturated carbocycles. The van der Waals surface area contributed by atoms with E-state index in [0.717, 1.165) is 12.0 Å². The molecule has 1 aliphatic rings. The number of carbonyl (C=O) groups excluding carboxylic acids is 1. The normalized spacial score (nSPS) is 16.2. The van der Waals surface area contributed by atoms with Crippen molar-refractivity contribution >= 4 is 11.5 Å². The molecule has 0 aliphatic heterocycles. The number of aliphatic hydroxyl groups excluding tert-OH is 1. The van der Waals surface area contributed by atoms with Crippen LogP contribution < -0.4 is 0 Å². The maximum absolute atomic E-state index is 11.3. The minimum Gasteiger partial charge on any atom is -0.466 e. The van der Waals surface area contributed by atoms with Gasteiger partial charge in [-0.3, -0.25) is 4.79 Å². The Morgan fingerprint density at radius 2 is 2.05 bits per heavy atom. The van der Waals surface area contributed by atoms with E-state index < -0.39 is 6.10 Å². The van der Waals surface area contributed by atoms with Gasteiger partial charge in [-0.1, -0.05) is 30.3 Å². The van der Waals surface area contributed by atoms with Gasteiger partial charge in [-0.2, -0.15) is 0 Å². The van der Waals surface area contributed by atoms with Crippen LogP contribution in [0, 0.1) is 0 Å². The number of hydrogen-bond donors (Lipinski definition) is 1. The van der Waals surface area contributed by atoms with Gasteiger partial charge in [0.2, 0.25) is 0 Å². The molecule has 1 N–H and O–H groups in total. The zero-order valence-corrected chi connectivity index (χ0v) is 12.7. The van der Waals surface area contributed by atoms with Gasteiger partial charge >= 0.3 is 5.97 Å². The maximum atomic E-state index is 11.3. The van der Waals surface area contributed by atoms with Gasteiger partial charge in [0.05, 0.1) is 19.1 Å². The van der Waals surface area contributed by atoms with E-state index >= 15 is 0 Å². The van der Waals surface area contributed by atoms with Gasteiger partial charge in [-0.25, -0.2) is 0 Å². The van der Waals surface area contributed by atoms with Gasteiger partial charge in [0.15, 0.2) is 0 Å². The summed E-state index contributed by atoms with van der Waals surface area (Å²) in [6.45, 7) is 2.12. The first-order valence-corrected chi connectivity index (χ1v) is 7.81. The lowest BCUT2D eigenvalue weighted by Gasteiger charge is -2.14. The Morgan fingerprint density at radius 1 is 1.29 bits per heavy atom. The summed E-state index contributed by atoms with van der Waals surface area (Å²) in [5, 5.41) is 9.91. The molecule has 0 heterocycles. The molecule has 3 heteroatoms. The van der Waals surface area contributed by atoms with Crippen molar-refractivity contribution in [3.63, 3.8) is 0 Å². The predicted molar refractivity (Wildman–Crippen MR) is 83.8 cm³/mol. The molecule has 0 radical (unpaired) electrons. The van der Waals surface area contributed by atoms with Gasteiger partial charge in [0, 0.05) is 0 Å². The van der Waals surface area contributed by atoms with Crippen molar-refractivity contribution in [3.8, 4) is 0 Å². The average molecular weight is 288 g/mol. The summed E-state index contributed by atoms with van der Waals surface area (Å²) in [6, 6.07) is 8.31. The van der Waals surface area contributed by atoms with Gasteiger partial charge in [-0.05, 0) is 55.7 Å². The Morgan fingerprint density at radius 3 is 2.67 bits per heavy atom. The highest BCUT2D eigenvalue weighted by Crippen LogP contribution is 2.26. The van der Waals surface area contributed by atoms with Crippen LogP contribution in [-0.2, 0) is 16.0 Å². The molecule has 0 spiro atoms. The molecular formula is C18H24O3. The van der Waals surface area contributed by atoms with Crippen LogP contribution in [0.2, 0.25) is 0 Å². The smallest absolute Gasteiger partial charge is 0.308 e. The monoisotopic (exact) mass is 288 g/mol. The summed E-state index contributed by atoms with van der Waals surface area (Å²) in [4.78, 5) is 11.3. The molecule has 1 aliphatic carbocycles. The van der Waals surface area contributed by atoms with E-state index in [1.807, 2.05) is 12.1 Å². The summed E-state index contributed by atoms with van der Waals surface area (Å²) < 4.78 is 4.84. The number of carbonyl (C=O) groups is 1. The first-order valence-electron chi connectivity index (χ1n) is 7.81. The van der Waals surface area contributed by atoms with Crippen molar-refractivity contribution < 1.29 is 14.6 Å². The van der Waals surface area contributed by atoms with Crippen LogP contribution in [0.25, 0.3) is 5.57 Å². The molecule has 0 saturated heterocycles. The molecule has 0 aromatic heterocycles. The van der Waals surface area contributed by atoms with Crippen LogP contribution in [0.3, 0.4) is 0 Å². The van der Waals surface area contributed by atoms with Crippen LogP contribution >= 0.6 is 0 Å². The second-order valence-corrected chi connectivity index (χ2v) is 5.54. The van der Waals surface area contributed by atoms with Gasteiger partial charge < -0.3 is 9.84 Å². The lowest BCUT2D eigenvalue weighted by atomic mass is 9.92. The number of esters is 1. The van der Waals surface area contributed by atoms with Gasteiger partial charge in [-0.15, -0.1) is 0 Å². The minimum absolute atomic E-state index is 0.0563. The topological polar surface area (TPSA) is 46.5 Å². The number of benzene rings is 1. The molecule has 1 atom stereocenters. The fraction of sp³-hybridized carbons (Fsp3) is 0.500. The molecule has 0 fully saturated rings. The molecule has 0 bridgehead atoms. The third-order valence-electron chi connectivity index (χ3n) is 3.79. The Balaban J connectivity index is 1.90. The highest BCUT2D eigenvalue weighted by atomic mass is 16.5. The molecule has 1 aromatic carbocycles. The zero-order chi connectivity index (χ0) is 15.1. The summed E-state index contributed by atoms with van der Waals surface area (Å²) in [6.07, 6.45) is 7.09. The first-order chi connectivity index (χ1) is 10.2. The van der Waals surface area contributed by atoms with Crippen LogP contribution in [0.15, 0.2) is 30.3 Å². The number of ether oxygens (including phenoxy) is 1. The SMILES string of the molecule is CCOC(=O)C[C@H](O)Cc1ccc(C2=CCCCC2)cc1. The highest BCUT2D eigenvalue weighted by Gasteiger charge is 2.13. The summed E-state index contributed by atoms with van der Waals surface area (Å²) in [7, 11) is 0. The third kappa shape index (κ3) is 5.01. The lowest BCUT2D eigenvalue weighted by Crippen LogP contribution is -2.18. The maximum Gasteiger partial charge on any atom is 0.308 e. The number of rotatable bonds is 6. The molecular weight excluding hydrogens is 264 g/mol. The van der Waals surface area contributed by atoms with Gasteiger partial charge in [0.25, 0.3) is 0 Å². The number of allylic oxidation sites excluding steroid dienone is 2. The number of hydrogen-bond acceptors (Lipinski definition) is 3. The predicted octanol–water partition coefficient (Wildman–Crippen LogP) is 3.50. The minimum atomic E-state index is -0.677. The Labute approximate surface area is 126 Å². The fourth-order valence-corrected chi connectivity index (χ4v) is 2.71. The Kier molecular flexibility index (Phi) is 6.00. The van der Waals surface area contributed by atoms with Crippen LogP contribution in [0.1, 0.15) is 50.2 Å². The summed E-state index contributed by atoms with van der Waals surface area (Å²) >= 11 is 0. The zero-order valence-electron chi connectivity index (χ0n) is 12.7. The standard InChI is InChI=1S/C18H24O3/c1-2-21-18(20)13-17(19)12-14-8-10-16(11-9-14)15-6-4-3-5-7-15/h6,8-11,17,19H,2-5,7,12-13H2,1H3/t17-/m1/s1. The van der Waals surface area contributed by atoms with E-state index in [0.29, 0.717) is 13.0 Å². The molecule has 2 rings (SSSR count). The van der Waals surface area contributed by atoms with Crippen molar-refractivity contribution in [1.82, 2.24) is 0 Å². The Hall–Kier alpha value is -1.61. The van der Waals surface area contributed by atoms with Crippen molar-refractivity contribution in [3.05, 3.63) is 41.5 Å². The number of aliphatic hydroxyl groups is 1. The first kappa shape index (κ1) is 15.8. The fourth-order valence-electron chi connectivity index (χ4n) is 2.71. The van der Waals surface area contributed by atoms with Crippen molar-refractivity contribution in [2.45, 2.75) is 51.6 Å². The quantitative estimate of drug-likeness (QED) is 0.815. The van der Waals surface area contributed by atoms with Crippen LogP contribution in [0.5, 0.6) is 0 Å². The van der Waals surface area contributed by atoms with Gasteiger partial charge in [0.1, 0.15) is 0 Å². The second-order valence-electron chi connectivity index (χ2n) is 5.54. The van der Waals surface area contributed by atoms with E-state index in [9.17, 15) is 9.90 Å². The molecule has 0 unspecified atom stereocenters. The van der Waals surface area contributed by atoms with Crippen LogP contribution in [0.4, 0.5) is 0 Å². The molecule has 1 aromatic rings.